The Morgan fingerprint density at radius 3 is 2.35 bits per heavy atom. The van der Waals surface area contributed by atoms with Crippen molar-refractivity contribution in [3.8, 4) is 0 Å². The normalized spacial score (nSPS) is 10.8. The van der Waals surface area contributed by atoms with Crippen molar-refractivity contribution in [3.63, 3.8) is 0 Å². The predicted octanol–water partition coefficient (Wildman–Crippen LogP) is 3.52. The van der Waals surface area contributed by atoms with Gasteiger partial charge in [-0.3, -0.25) is 4.31 Å². The van der Waals surface area contributed by atoms with Crippen molar-refractivity contribution in [2.45, 2.75) is 18.4 Å². The van der Waals surface area contributed by atoms with Gasteiger partial charge in [0, 0.05) is 0 Å². The summed E-state index contributed by atoms with van der Waals surface area (Å²) in [6.45, 7) is 9.18. The molecule has 0 atom stereocenters. The Bertz CT molecular complexity index is 931. The van der Waals surface area contributed by atoms with Crippen molar-refractivity contribution in [2.75, 3.05) is 7.11 Å². The molecule has 5 nitrogen and oxygen atoms in total. The number of rotatable bonds is 7. The average Bonchev–Trinajstić information content (AvgIpc) is 2.65. The molecular weight excluding hydrogens is 350 g/mol. The number of sulfonamides is 1. The number of aryl methyl sites for hydroxylation is 1. The SMILES string of the molecule is C=Cc1ccccc1CN(C(=C)C(=O)OC)S(=O)(=O)c1ccc(C)cc1. The van der Waals surface area contributed by atoms with Crippen molar-refractivity contribution < 1.29 is 17.9 Å². The number of hydrogen-bond donors (Lipinski definition) is 0. The number of nitrogens with zero attached hydrogens (tertiary/aromatic N) is 1. The number of esters is 1. The van der Waals surface area contributed by atoms with Crippen LogP contribution in [-0.4, -0.2) is 25.8 Å². The van der Waals surface area contributed by atoms with Crippen LogP contribution in [-0.2, 0) is 26.1 Å². The minimum absolute atomic E-state index is 0.0632. The summed E-state index contributed by atoms with van der Waals surface area (Å²) in [5, 5.41) is 0. The molecule has 0 aromatic heterocycles. The molecule has 0 aliphatic heterocycles. The van der Waals surface area contributed by atoms with Crippen LogP contribution in [0.1, 0.15) is 16.7 Å². The maximum atomic E-state index is 13.1. The van der Waals surface area contributed by atoms with Gasteiger partial charge >= 0.3 is 5.97 Å². The molecular formula is C20H21NO4S. The molecule has 6 heteroatoms. The van der Waals surface area contributed by atoms with E-state index in [-0.39, 0.29) is 17.1 Å². The fourth-order valence-corrected chi connectivity index (χ4v) is 3.82. The highest BCUT2D eigenvalue weighted by molar-refractivity contribution is 7.89. The van der Waals surface area contributed by atoms with Crippen LogP contribution < -0.4 is 0 Å². The summed E-state index contributed by atoms with van der Waals surface area (Å²) in [5.41, 5.74) is 2.14. The zero-order valence-electron chi connectivity index (χ0n) is 14.8. The second kappa shape index (κ2) is 8.01. The smallest absolute Gasteiger partial charge is 0.354 e. The Morgan fingerprint density at radius 1 is 1.15 bits per heavy atom. The summed E-state index contributed by atoms with van der Waals surface area (Å²) in [7, 11) is -2.81. The van der Waals surface area contributed by atoms with Gasteiger partial charge in [-0.2, -0.15) is 0 Å². The third kappa shape index (κ3) is 4.03. The summed E-state index contributed by atoms with van der Waals surface area (Å²) in [4.78, 5) is 12.1. The van der Waals surface area contributed by atoms with Gasteiger partial charge in [-0.15, -0.1) is 0 Å². The van der Waals surface area contributed by atoms with Gasteiger partial charge in [-0.05, 0) is 30.2 Å². The lowest BCUT2D eigenvalue weighted by Gasteiger charge is -2.25. The minimum Gasteiger partial charge on any atom is -0.464 e. The molecule has 0 N–H and O–H groups in total. The van der Waals surface area contributed by atoms with Crippen LogP contribution in [0.4, 0.5) is 0 Å². The molecule has 0 amide bonds. The monoisotopic (exact) mass is 371 g/mol. The van der Waals surface area contributed by atoms with Gasteiger partial charge in [0.05, 0.1) is 18.6 Å². The molecule has 2 rings (SSSR count). The Kier molecular flexibility index (Phi) is 6.00. The van der Waals surface area contributed by atoms with E-state index in [4.69, 9.17) is 0 Å². The fraction of sp³-hybridized carbons (Fsp3) is 0.150. The van der Waals surface area contributed by atoms with Gasteiger partial charge in [-0.1, -0.05) is 61.2 Å². The van der Waals surface area contributed by atoms with Gasteiger partial charge < -0.3 is 4.74 Å². The summed E-state index contributed by atoms with van der Waals surface area (Å²) in [6.07, 6.45) is 1.63. The maximum absolute atomic E-state index is 13.1. The lowest BCUT2D eigenvalue weighted by molar-refractivity contribution is -0.137. The molecule has 2 aromatic carbocycles. The number of benzene rings is 2. The van der Waals surface area contributed by atoms with Gasteiger partial charge in [0.1, 0.15) is 5.70 Å². The van der Waals surface area contributed by atoms with Crippen molar-refractivity contribution >= 4 is 22.1 Å². The first-order valence-electron chi connectivity index (χ1n) is 7.88. The van der Waals surface area contributed by atoms with E-state index in [1.165, 1.54) is 19.2 Å². The Hall–Kier alpha value is -2.86. The topological polar surface area (TPSA) is 63.7 Å². The Balaban J connectivity index is 2.53. The summed E-state index contributed by atoms with van der Waals surface area (Å²) in [6, 6.07) is 13.6. The van der Waals surface area contributed by atoms with Crippen molar-refractivity contribution in [1.29, 1.82) is 0 Å². The second-order valence-corrected chi connectivity index (χ2v) is 7.53. The van der Waals surface area contributed by atoms with Gasteiger partial charge in [-0.25, -0.2) is 13.2 Å². The van der Waals surface area contributed by atoms with Crippen LogP contribution in [0.25, 0.3) is 6.08 Å². The lowest BCUT2D eigenvalue weighted by Crippen LogP contribution is -2.33. The molecule has 0 unspecified atom stereocenters. The van der Waals surface area contributed by atoms with Gasteiger partial charge in [0.15, 0.2) is 0 Å². The highest BCUT2D eigenvalue weighted by Crippen LogP contribution is 2.25. The molecule has 0 aliphatic carbocycles. The lowest BCUT2D eigenvalue weighted by atomic mass is 10.1. The largest absolute Gasteiger partial charge is 0.464 e. The second-order valence-electron chi connectivity index (χ2n) is 5.67. The minimum atomic E-state index is -4.00. The third-order valence-electron chi connectivity index (χ3n) is 3.92. The molecule has 0 saturated carbocycles. The first kappa shape index (κ1) is 19.5. The highest BCUT2D eigenvalue weighted by Gasteiger charge is 2.30. The first-order valence-corrected chi connectivity index (χ1v) is 9.32. The number of methoxy groups -OCH3 is 1. The summed E-state index contributed by atoms with van der Waals surface area (Å²) < 4.78 is 31.9. The molecule has 0 aliphatic rings. The van der Waals surface area contributed by atoms with E-state index < -0.39 is 16.0 Å². The summed E-state index contributed by atoms with van der Waals surface area (Å²) in [5.74, 6) is -0.809. The Morgan fingerprint density at radius 2 is 1.77 bits per heavy atom. The Labute approximate surface area is 154 Å². The number of carbonyl (C=O) groups excluding carboxylic acids is 1. The molecule has 0 fully saturated rings. The van der Waals surface area contributed by atoms with E-state index in [1.54, 1.807) is 30.3 Å². The zero-order valence-corrected chi connectivity index (χ0v) is 15.6. The van der Waals surface area contributed by atoms with E-state index in [1.807, 2.05) is 19.1 Å². The van der Waals surface area contributed by atoms with Crippen LogP contribution in [0.3, 0.4) is 0 Å². The van der Waals surface area contributed by atoms with E-state index in [0.717, 1.165) is 15.4 Å². The van der Waals surface area contributed by atoms with Gasteiger partial charge in [0.25, 0.3) is 10.0 Å². The van der Waals surface area contributed by atoms with E-state index >= 15 is 0 Å². The number of carbonyl (C=O) groups is 1. The molecule has 26 heavy (non-hydrogen) atoms. The summed E-state index contributed by atoms with van der Waals surface area (Å²) >= 11 is 0. The zero-order chi connectivity index (χ0) is 19.3. The quantitative estimate of drug-likeness (QED) is 0.552. The highest BCUT2D eigenvalue weighted by atomic mass is 32.2. The van der Waals surface area contributed by atoms with Crippen LogP contribution in [0, 0.1) is 6.92 Å². The van der Waals surface area contributed by atoms with Crippen molar-refractivity contribution in [3.05, 3.63) is 84.1 Å². The van der Waals surface area contributed by atoms with E-state index in [0.29, 0.717) is 5.56 Å². The van der Waals surface area contributed by atoms with Crippen molar-refractivity contribution in [1.82, 2.24) is 4.31 Å². The van der Waals surface area contributed by atoms with Crippen LogP contribution >= 0.6 is 0 Å². The molecule has 2 aromatic rings. The van der Waals surface area contributed by atoms with Crippen LogP contribution in [0.15, 0.2) is 72.3 Å². The van der Waals surface area contributed by atoms with E-state index in [2.05, 4.69) is 17.9 Å². The molecule has 0 bridgehead atoms. The molecule has 0 saturated heterocycles. The first-order chi connectivity index (χ1) is 12.3. The predicted molar refractivity (Wildman–Crippen MR) is 102 cm³/mol. The molecule has 136 valence electrons. The number of hydrogen-bond acceptors (Lipinski definition) is 4. The molecule has 0 radical (unpaired) electrons. The van der Waals surface area contributed by atoms with Crippen molar-refractivity contribution in [2.24, 2.45) is 0 Å². The standard InChI is InChI=1S/C20H21NO4S/c1-5-17-8-6-7-9-18(17)14-21(16(3)20(22)25-4)26(23,24)19-12-10-15(2)11-13-19/h5-13H,1,3,14H2,2,4H3. The van der Waals surface area contributed by atoms with Crippen LogP contribution in [0.5, 0.6) is 0 Å². The fourth-order valence-electron chi connectivity index (χ4n) is 2.41. The van der Waals surface area contributed by atoms with Gasteiger partial charge in [0.2, 0.25) is 0 Å². The van der Waals surface area contributed by atoms with E-state index in [9.17, 15) is 13.2 Å². The van der Waals surface area contributed by atoms with Crippen LogP contribution in [0.2, 0.25) is 0 Å². The average molecular weight is 371 g/mol. The molecule has 0 spiro atoms. The maximum Gasteiger partial charge on any atom is 0.354 e. The third-order valence-corrected chi connectivity index (χ3v) is 5.72. The molecule has 0 heterocycles. The number of ether oxygens (including phenoxy) is 1.